The van der Waals surface area contributed by atoms with Crippen molar-refractivity contribution in [1.29, 1.82) is 0 Å². The van der Waals surface area contributed by atoms with Crippen LogP contribution in [0.3, 0.4) is 0 Å². The van der Waals surface area contributed by atoms with Crippen LogP contribution in [0, 0.1) is 0 Å². The summed E-state index contributed by atoms with van der Waals surface area (Å²) in [5.74, 6) is 0. The van der Waals surface area contributed by atoms with Gasteiger partial charge in [0.25, 0.3) is 0 Å². The summed E-state index contributed by atoms with van der Waals surface area (Å²) in [6.45, 7) is 5.40. The Bertz CT molecular complexity index is 454. The van der Waals surface area contributed by atoms with Crippen LogP contribution in [0.1, 0.15) is 141 Å². The number of nitrogens with zero attached hydrogens (tertiary/aromatic N) is 2. The van der Waals surface area contributed by atoms with Crippen molar-refractivity contribution in [3.63, 3.8) is 0 Å². The van der Waals surface area contributed by atoms with Gasteiger partial charge in [0.1, 0.15) is 0 Å². The maximum atomic E-state index is 3.57. The van der Waals surface area contributed by atoms with E-state index in [1.165, 1.54) is 176 Å². The molecule has 0 heterocycles. The minimum absolute atomic E-state index is 0.510. The average Bonchev–Trinajstić information content (AvgIpc) is 2.83. The van der Waals surface area contributed by atoms with Gasteiger partial charge in [-0.1, -0.05) is 154 Å². The van der Waals surface area contributed by atoms with Gasteiger partial charge in [0, 0.05) is 12.8 Å². The van der Waals surface area contributed by atoms with Gasteiger partial charge in [-0.3, -0.25) is 0 Å². The normalized spacial score (nSPS) is 12.8. The molecule has 0 amide bonds. The molecule has 0 aromatic heterocycles. The predicted octanol–water partition coefficient (Wildman–Crippen LogP) is 12.0. The summed E-state index contributed by atoms with van der Waals surface area (Å²) in [4.78, 5) is 0. The van der Waals surface area contributed by atoms with Gasteiger partial charge in [-0.05, 0) is 38.5 Å². The van der Waals surface area contributed by atoms with E-state index in [0.29, 0.717) is 7.47 Å². The molecular formula is C32H66Br4N2+2. The van der Waals surface area contributed by atoms with Gasteiger partial charge in [-0.15, -0.1) is 0 Å². The highest BCUT2D eigenvalue weighted by Crippen LogP contribution is 2.19. The lowest BCUT2D eigenvalue weighted by atomic mass is 10.1. The maximum absolute atomic E-state index is 3.57. The molecule has 38 heavy (non-hydrogen) atoms. The van der Waals surface area contributed by atoms with Crippen LogP contribution in [0.4, 0.5) is 0 Å². The van der Waals surface area contributed by atoms with Crippen molar-refractivity contribution in [3.05, 3.63) is 0 Å². The number of hydrogen-bond acceptors (Lipinski definition) is 0. The van der Waals surface area contributed by atoms with Gasteiger partial charge >= 0.3 is 0 Å². The zero-order chi connectivity index (χ0) is 28.5. The second-order valence-electron chi connectivity index (χ2n) is 13.2. The Kier molecular flexibility index (Phi) is 27.7. The second kappa shape index (κ2) is 26.5. The molecule has 0 aliphatic rings. The summed E-state index contributed by atoms with van der Waals surface area (Å²) in [6, 6.07) is 0. The molecule has 2 nitrogen and oxygen atoms in total. The molecule has 230 valence electrons. The van der Waals surface area contributed by atoms with Gasteiger partial charge in [-0.25, -0.2) is 0 Å². The van der Waals surface area contributed by atoms with E-state index in [1.54, 1.807) is 0 Å². The lowest BCUT2D eigenvalue weighted by Crippen LogP contribution is -2.43. The molecule has 6 heteroatoms. The molecule has 0 saturated heterocycles. The number of halogens is 4. The topological polar surface area (TPSA) is 0 Å². The molecule has 0 saturated carbocycles. The van der Waals surface area contributed by atoms with Crippen LogP contribution in [0.2, 0.25) is 0 Å². The summed E-state index contributed by atoms with van der Waals surface area (Å²) >= 11 is 14.3. The smallest absolute Gasteiger partial charge is 0.0784 e. The lowest BCUT2D eigenvalue weighted by Gasteiger charge is -2.32. The van der Waals surface area contributed by atoms with Crippen molar-refractivity contribution in [2.45, 2.75) is 149 Å². The minimum atomic E-state index is 0.510. The molecule has 0 aromatic rings. The lowest BCUT2D eigenvalue weighted by molar-refractivity contribution is -0.897. The monoisotopic (exact) mass is 794 g/mol. The number of alkyl halides is 4. The molecule has 0 spiro atoms. The Morgan fingerprint density at radius 1 is 0.316 bits per heavy atom. The van der Waals surface area contributed by atoms with Gasteiger partial charge in [-0.2, -0.15) is 0 Å². The molecule has 0 radical (unpaired) electrons. The zero-order valence-electron chi connectivity index (χ0n) is 25.9. The molecule has 0 bridgehead atoms. The van der Waals surface area contributed by atoms with E-state index in [-0.39, 0.29) is 0 Å². The fraction of sp³-hybridized carbons (Fsp3) is 1.00. The second-order valence-corrected chi connectivity index (χ2v) is 20.1. The highest BCUT2D eigenvalue weighted by Gasteiger charge is 2.17. The van der Waals surface area contributed by atoms with E-state index in [1.807, 2.05) is 0 Å². The van der Waals surface area contributed by atoms with Gasteiger partial charge in [0.2, 0.25) is 0 Å². The number of unbranched alkanes of at least 4 members (excludes halogenated alkanes) is 17. The third-order valence-electron chi connectivity index (χ3n) is 8.15. The summed E-state index contributed by atoms with van der Waals surface area (Å²) in [5, 5.41) is 0. The minimum Gasteiger partial charge on any atom is -0.328 e. The first-order valence-corrected chi connectivity index (χ1v) is 19.9. The molecular weight excluding hydrogens is 732 g/mol. The molecule has 0 rings (SSSR count). The van der Waals surface area contributed by atoms with Crippen LogP contribution in [-0.2, 0) is 0 Å². The predicted molar refractivity (Wildman–Crippen MR) is 189 cm³/mol. The van der Waals surface area contributed by atoms with Crippen LogP contribution in [-0.4, -0.2) is 70.8 Å². The maximum Gasteiger partial charge on any atom is 0.0784 e. The highest BCUT2D eigenvalue weighted by atomic mass is 79.9. The zero-order valence-corrected chi connectivity index (χ0v) is 32.3. The largest absolute Gasteiger partial charge is 0.328 e. The Balaban J connectivity index is 3.56. The van der Waals surface area contributed by atoms with Crippen molar-refractivity contribution in [3.8, 4) is 0 Å². The van der Waals surface area contributed by atoms with Crippen molar-refractivity contribution in [2.75, 3.05) is 54.4 Å². The fourth-order valence-electron chi connectivity index (χ4n) is 5.46. The van der Waals surface area contributed by atoms with Crippen molar-refractivity contribution < 1.29 is 8.97 Å². The molecule has 0 unspecified atom stereocenters. The molecule has 0 aliphatic carbocycles. The van der Waals surface area contributed by atoms with Crippen LogP contribution >= 0.6 is 63.7 Å². The summed E-state index contributed by atoms with van der Waals surface area (Å²) in [5.41, 5.74) is 0. The summed E-state index contributed by atoms with van der Waals surface area (Å²) in [6.07, 6.45) is 30.8. The van der Waals surface area contributed by atoms with Crippen LogP contribution < -0.4 is 0 Å². The van der Waals surface area contributed by atoms with Crippen LogP contribution in [0.25, 0.3) is 0 Å². The van der Waals surface area contributed by atoms with E-state index < -0.39 is 0 Å². The SMILES string of the molecule is C[N+](C)(CCCCCCCCCCCC(Br)Br)CCCC[N+](C)(C)CCCCCCCCCCCC(Br)Br. The highest BCUT2D eigenvalue weighted by molar-refractivity contribution is 9.25. The quantitative estimate of drug-likeness (QED) is 0.0402. The van der Waals surface area contributed by atoms with Gasteiger partial charge in [0.15, 0.2) is 0 Å². The van der Waals surface area contributed by atoms with E-state index in [2.05, 4.69) is 91.9 Å². The van der Waals surface area contributed by atoms with E-state index in [9.17, 15) is 0 Å². The Labute approximate surface area is 273 Å². The molecule has 0 aliphatic heterocycles. The number of hydrogen-bond donors (Lipinski definition) is 0. The Morgan fingerprint density at radius 2 is 0.500 bits per heavy atom. The van der Waals surface area contributed by atoms with Gasteiger partial charge < -0.3 is 8.97 Å². The van der Waals surface area contributed by atoms with E-state index in [4.69, 9.17) is 0 Å². The first-order chi connectivity index (χ1) is 18.0. The summed E-state index contributed by atoms with van der Waals surface area (Å²) < 4.78 is 3.44. The average molecular weight is 799 g/mol. The standard InChI is InChI=1S/C32H66Br4N2/c1-37(2,27-21-17-13-9-5-7-11-15-19-25-31(33)34)29-23-24-30-38(3,4)28-22-18-14-10-6-8-12-16-20-26-32(35)36/h31-32H,5-30H2,1-4H3/q+2. The van der Waals surface area contributed by atoms with Crippen molar-refractivity contribution in [1.82, 2.24) is 0 Å². The van der Waals surface area contributed by atoms with E-state index in [0.717, 1.165) is 0 Å². The third-order valence-corrected chi connectivity index (χ3v) is 9.98. The molecule has 0 aromatic carbocycles. The Morgan fingerprint density at radius 3 is 0.737 bits per heavy atom. The van der Waals surface area contributed by atoms with Crippen LogP contribution in [0.5, 0.6) is 0 Å². The Hall–Kier alpha value is 1.84. The third kappa shape index (κ3) is 30.8. The van der Waals surface area contributed by atoms with Crippen molar-refractivity contribution >= 4 is 63.7 Å². The molecule has 0 atom stereocenters. The van der Waals surface area contributed by atoms with E-state index >= 15 is 0 Å². The first-order valence-electron chi connectivity index (χ1n) is 16.2. The fourth-order valence-corrected chi connectivity index (χ4v) is 6.75. The van der Waals surface area contributed by atoms with Gasteiger partial charge in [0.05, 0.1) is 61.8 Å². The first kappa shape index (κ1) is 39.8. The van der Waals surface area contributed by atoms with Crippen LogP contribution in [0.15, 0.2) is 0 Å². The molecule has 0 fully saturated rings. The summed E-state index contributed by atoms with van der Waals surface area (Å²) in [7, 11) is 9.80. The molecule has 0 N–H and O–H groups in total. The van der Waals surface area contributed by atoms with Crippen molar-refractivity contribution in [2.24, 2.45) is 0 Å². The number of quaternary nitrogens is 2. The number of rotatable bonds is 29.